The van der Waals surface area contributed by atoms with E-state index in [-0.39, 0.29) is 12.1 Å². The lowest BCUT2D eigenvalue weighted by Crippen LogP contribution is -2.48. The molecule has 2 atom stereocenters. The maximum absolute atomic E-state index is 12.6. The number of ether oxygens (including phenoxy) is 2. The highest BCUT2D eigenvalue weighted by molar-refractivity contribution is 5.68. The van der Waals surface area contributed by atoms with Crippen LogP contribution in [-0.2, 0) is 4.74 Å². The molecular weight excluding hydrogens is 330 g/mol. The van der Waals surface area contributed by atoms with Gasteiger partial charge in [-0.1, -0.05) is 25.5 Å². The first kappa shape index (κ1) is 20.6. The minimum absolute atomic E-state index is 0.274. The Morgan fingerprint density at radius 3 is 2.81 bits per heavy atom. The lowest BCUT2D eigenvalue weighted by atomic mass is 9.93. The molecule has 1 N–H and O–H groups in total. The Labute approximate surface area is 157 Å². The largest absolute Gasteiger partial charge is 0.494 e. The van der Waals surface area contributed by atoms with Crippen molar-refractivity contribution in [3.05, 3.63) is 29.8 Å². The molecule has 0 unspecified atom stereocenters. The van der Waals surface area contributed by atoms with Crippen molar-refractivity contribution in [1.29, 1.82) is 0 Å². The molecule has 26 heavy (non-hydrogen) atoms. The molecule has 1 saturated heterocycles. The molecule has 0 aromatic heterocycles. The van der Waals surface area contributed by atoms with Crippen LogP contribution in [0.15, 0.2) is 24.3 Å². The van der Waals surface area contributed by atoms with Crippen molar-refractivity contribution in [2.45, 2.75) is 77.5 Å². The van der Waals surface area contributed by atoms with Gasteiger partial charge in [0.2, 0.25) is 0 Å². The van der Waals surface area contributed by atoms with Crippen LogP contribution in [0, 0.1) is 0 Å². The van der Waals surface area contributed by atoms with E-state index in [0.29, 0.717) is 13.2 Å². The van der Waals surface area contributed by atoms with Crippen LogP contribution < -0.4 is 4.74 Å². The van der Waals surface area contributed by atoms with Gasteiger partial charge in [-0.05, 0) is 64.2 Å². The molecule has 1 aromatic carbocycles. The van der Waals surface area contributed by atoms with Gasteiger partial charge in [0.15, 0.2) is 0 Å². The summed E-state index contributed by atoms with van der Waals surface area (Å²) in [6.07, 6.45) is 3.67. The summed E-state index contributed by atoms with van der Waals surface area (Å²) in [4.78, 5) is 14.3. The smallest absolute Gasteiger partial charge is 0.410 e. The van der Waals surface area contributed by atoms with Gasteiger partial charge in [0.1, 0.15) is 11.4 Å². The number of aliphatic hydroxyl groups excluding tert-OH is 1. The molecule has 2 rings (SSSR count). The van der Waals surface area contributed by atoms with Crippen LogP contribution in [0.4, 0.5) is 4.79 Å². The van der Waals surface area contributed by atoms with Gasteiger partial charge in [-0.2, -0.15) is 0 Å². The monoisotopic (exact) mass is 363 g/mol. The Balaban J connectivity index is 2.11. The van der Waals surface area contributed by atoms with Crippen molar-refractivity contribution in [2.24, 2.45) is 0 Å². The first-order chi connectivity index (χ1) is 12.3. The quantitative estimate of drug-likeness (QED) is 0.745. The fraction of sp³-hybridized carbons (Fsp3) is 0.667. The van der Waals surface area contributed by atoms with Gasteiger partial charge in [0.05, 0.1) is 18.8 Å². The number of carbonyl (C=O) groups is 1. The average molecular weight is 363 g/mol. The fourth-order valence-corrected chi connectivity index (χ4v) is 3.18. The van der Waals surface area contributed by atoms with Gasteiger partial charge in [-0.25, -0.2) is 4.79 Å². The van der Waals surface area contributed by atoms with E-state index < -0.39 is 11.7 Å². The molecule has 1 heterocycles. The van der Waals surface area contributed by atoms with Gasteiger partial charge < -0.3 is 19.5 Å². The lowest BCUT2D eigenvalue weighted by Gasteiger charge is -2.39. The van der Waals surface area contributed by atoms with E-state index in [1.165, 1.54) is 0 Å². The normalized spacial score (nSPS) is 19.1. The van der Waals surface area contributed by atoms with Gasteiger partial charge in [-0.15, -0.1) is 0 Å². The Morgan fingerprint density at radius 2 is 2.12 bits per heavy atom. The molecule has 0 aliphatic carbocycles. The number of amides is 1. The Hall–Kier alpha value is -1.75. The summed E-state index contributed by atoms with van der Waals surface area (Å²) in [7, 11) is 0. The first-order valence-corrected chi connectivity index (χ1v) is 9.72. The third-order valence-electron chi connectivity index (χ3n) is 4.51. The minimum atomic E-state index is -0.752. The second-order valence-corrected chi connectivity index (χ2v) is 7.96. The number of unbranched alkanes of at least 4 members (excludes halogenated alkanes) is 1. The van der Waals surface area contributed by atoms with Crippen LogP contribution in [0.5, 0.6) is 5.75 Å². The Morgan fingerprint density at radius 1 is 1.35 bits per heavy atom. The number of rotatable bonds is 6. The molecule has 5 nitrogen and oxygen atoms in total. The predicted molar refractivity (Wildman–Crippen MR) is 102 cm³/mol. The second kappa shape index (κ2) is 9.26. The van der Waals surface area contributed by atoms with E-state index in [0.717, 1.165) is 43.4 Å². The summed E-state index contributed by atoms with van der Waals surface area (Å²) < 4.78 is 11.3. The number of benzene rings is 1. The number of hydrogen-bond donors (Lipinski definition) is 1. The van der Waals surface area contributed by atoms with E-state index in [1.807, 2.05) is 45.0 Å². The van der Waals surface area contributed by atoms with E-state index in [1.54, 1.807) is 4.90 Å². The highest BCUT2D eigenvalue weighted by Crippen LogP contribution is 2.31. The number of likely N-dealkylation sites (tertiary alicyclic amines) is 1. The Kier molecular flexibility index (Phi) is 7.33. The van der Waals surface area contributed by atoms with Gasteiger partial charge in [0.25, 0.3) is 0 Å². The summed E-state index contributed by atoms with van der Waals surface area (Å²) in [5.74, 6) is 0.759. The number of piperidine rings is 1. The Bertz CT molecular complexity index is 582. The highest BCUT2D eigenvalue weighted by atomic mass is 16.6. The van der Waals surface area contributed by atoms with Gasteiger partial charge in [-0.3, -0.25) is 0 Å². The van der Waals surface area contributed by atoms with Crippen molar-refractivity contribution in [1.82, 2.24) is 4.90 Å². The van der Waals surface area contributed by atoms with Crippen LogP contribution in [0.3, 0.4) is 0 Å². The summed E-state index contributed by atoms with van der Waals surface area (Å²) in [5, 5.41) is 11.0. The standard InChI is InChI=1S/C21H33NO4/c1-5-6-14-25-17-11-9-10-16(15-17)19(23)18-12-7-8-13-22(18)20(24)26-21(2,3)4/h9-11,15,18-19,23H,5-8,12-14H2,1-4H3/t18-,19-/m0/s1. The summed E-state index contributed by atoms with van der Waals surface area (Å²) in [6, 6.07) is 7.28. The molecule has 0 saturated carbocycles. The fourth-order valence-electron chi connectivity index (χ4n) is 3.18. The maximum atomic E-state index is 12.6. The average Bonchev–Trinajstić information content (AvgIpc) is 2.60. The highest BCUT2D eigenvalue weighted by Gasteiger charge is 2.35. The molecule has 146 valence electrons. The summed E-state index contributed by atoms with van der Waals surface area (Å²) in [6.45, 7) is 8.98. The van der Waals surface area contributed by atoms with Crippen molar-refractivity contribution in [3.63, 3.8) is 0 Å². The first-order valence-electron chi connectivity index (χ1n) is 9.72. The van der Waals surface area contributed by atoms with E-state index in [9.17, 15) is 9.90 Å². The molecule has 1 aliphatic heterocycles. The van der Waals surface area contributed by atoms with Crippen molar-refractivity contribution in [3.8, 4) is 5.75 Å². The van der Waals surface area contributed by atoms with Crippen LogP contribution in [0.2, 0.25) is 0 Å². The lowest BCUT2D eigenvalue weighted by molar-refractivity contribution is -0.0169. The molecule has 0 radical (unpaired) electrons. The van der Waals surface area contributed by atoms with Crippen molar-refractivity contribution in [2.75, 3.05) is 13.2 Å². The maximum Gasteiger partial charge on any atom is 0.410 e. The molecule has 0 bridgehead atoms. The molecule has 1 fully saturated rings. The summed E-state index contributed by atoms with van der Waals surface area (Å²) in [5.41, 5.74) is 0.233. The van der Waals surface area contributed by atoms with Gasteiger partial charge in [0, 0.05) is 6.54 Å². The van der Waals surface area contributed by atoms with E-state index in [4.69, 9.17) is 9.47 Å². The van der Waals surface area contributed by atoms with Crippen LogP contribution in [0.1, 0.15) is 71.5 Å². The molecule has 5 heteroatoms. The van der Waals surface area contributed by atoms with Crippen LogP contribution >= 0.6 is 0 Å². The SMILES string of the molecule is CCCCOc1cccc([C@H](O)[C@@H]2CCCCN2C(=O)OC(C)(C)C)c1. The molecule has 1 aromatic rings. The molecule has 1 aliphatic rings. The molecule has 0 spiro atoms. The third-order valence-corrected chi connectivity index (χ3v) is 4.51. The molecule has 1 amide bonds. The summed E-state index contributed by atoms with van der Waals surface area (Å²) >= 11 is 0. The minimum Gasteiger partial charge on any atom is -0.494 e. The van der Waals surface area contributed by atoms with Crippen LogP contribution in [0.25, 0.3) is 0 Å². The number of nitrogens with zero attached hydrogens (tertiary/aromatic N) is 1. The number of aliphatic hydroxyl groups is 1. The number of hydrogen-bond acceptors (Lipinski definition) is 4. The predicted octanol–water partition coefficient (Wildman–Crippen LogP) is 4.69. The molecular formula is C21H33NO4. The zero-order valence-electron chi connectivity index (χ0n) is 16.5. The second-order valence-electron chi connectivity index (χ2n) is 7.96. The van der Waals surface area contributed by atoms with Gasteiger partial charge >= 0.3 is 6.09 Å². The number of carbonyl (C=O) groups excluding carboxylic acids is 1. The zero-order chi connectivity index (χ0) is 19.2. The van der Waals surface area contributed by atoms with Crippen molar-refractivity contribution >= 4 is 6.09 Å². The van der Waals surface area contributed by atoms with E-state index >= 15 is 0 Å². The van der Waals surface area contributed by atoms with Crippen molar-refractivity contribution < 1.29 is 19.4 Å². The van der Waals surface area contributed by atoms with E-state index in [2.05, 4.69) is 6.92 Å². The van der Waals surface area contributed by atoms with Crippen LogP contribution in [-0.4, -0.2) is 40.9 Å². The zero-order valence-corrected chi connectivity index (χ0v) is 16.5. The third kappa shape index (κ3) is 5.90. The topological polar surface area (TPSA) is 59.0 Å².